The maximum absolute atomic E-state index is 5.66. The average Bonchev–Trinajstić information content (AvgIpc) is 2.93. The highest BCUT2D eigenvalue weighted by molar-refractivity contribution is 5.28. The van der Waals surface area contributed by atoms with Crippen LogP contribution in [0.1, 0.15) is 44.0 Å². The molecule has 0 saturated carbocycles. The lowest BCUT2D eigenvalue weighted by atomic mass is 10.0. The summed E-state index contributed by atoms with van der Waals surface area (Å²) < 4.78 is 10.8. The van der Waals surface area contributed by atoms with Crippen LogP contribution >= 0.6 is 0 Å². The minimum atomic E-state index is 0.294. The molecular weight excluding hydrogens is 266 g/mol. The van der Waals surface area contributed by atoms with E-state index in [1.165, 1.54) is 5.56 Å². The normalized spacial score (nSPS) is 12.6. The van der Waals surface area contributed by atoms with Crippen molar-refractivity contribution in [2.45, 2.75) is 45.8 Å². The molecule has 21 heavy (non-hydrogen) atoms. The highest BCUT2D eigenvalue weighted by atomic mass is 16.5. The number of rotatable bonds is 7. The van der Waals surface area contributed by atoms with E-state index in [1.807, 2.05) is 19.2 Å². The van der Waals surface area contributed by atoms with Crippen LogP contribution in [0.2, 0.25) is 0 Å². The molecule has 0 saturated heterocycles. The molecular formula is C16H23N3O2. The summed E-state index contributed by atoms with van der Waals surface area (Å²) in [5.41, 5.74) is 1.29. The Hall–Kier alpha value is -1.88. The van der Waals surface area contributed by atoms with Gasteiger partial charge in [-0.05, 0) is 37.6 Å². The van der Waals surface area contributed by atoms with E-state index in [-0.39, 0.29) is 0 Å². The van der Waals surface area contributed by atoms with Gasteiger partial charge in [-0.25, -0.2) is 0 Å². The molecule has 2 aromatic rings. The van der Waals surface area contributed by atoms with Gasteiger partial charge in [0.1, 0.15) is 5.75 Å². The quantitative estimate of drug-likeness (QED) is 0.849. The minimum absolute atomic E-state index is 0.294. The monoisotopic (exact) mass is 289 g/mol. The SMILES string of the molecule is CNC(C)Cc1noc(COc2ccc(C(C)C)cc2)n1. The van der Waals surface area contributed by atoms with Crippen molar-refractivity contribution in [1.82, 2.24) is 15.5 Å². The fourth-order valence-corrected chi connectivity index (χ4v) is 1.90. The molecule has 0 bridgehead atoms. The molecule has 2 rings (SSSR count). The number of ether oxygens (including phenoxy) is 1. The van der Waals surface area contributed by atoms with E-state index >= 15 is 0 Å². The highest BCUT2D eigenvalue weighted by Crippen LogP contribution is 2.19. The molecule has 0 amide bonds. The van der Waals surface area contributed by atoms with Crippen molar-refractivity contribution in [3.63, 3.8) is 0 Å². The van der Waals surface area contributed by atoms with E-state index in [9.17, 15) is 0 Å². The Bertz CT molecular complexity index is 549. The fourth-order valence-electron chi connectivity index (χ4n) is 1.90. The number of hydrogen-bond acceptors (Lipinski definition) is 5. The standard InChI is InChI=1S/C16H23N3O2/c1-11(2)13-5-7-14(8-6-13)20-10-16-18-15(19-21-16)9-12(3)17-4/h5-8,11-12,17H,9-10H2,1-4H3. The Labute approximate surface area is 125 Å². The summed E-state index contributed by atoms with van der Waals surface area (Å²) in [4.78, 5) is 4.32. The average molecular weight is 289 g/mol. The predicted octanol–water partition coefficient (Wildman–Crippen LogP) is 2.92. The van der Waals surface area contributed by atoms with Gasteiger partial charge < -0.3 is 14.6 Å². The Kier molecular flexibility index (Phi) is 5.33. The van der Waals surface area contributed by atoms with Crippen molar-refractivity contribution < 1.29 is 9.26 Å². The first-order chi connectivity index (χ1) is 10.1. The van der Waals surface area contributed by atoms with Crippen LogP contribution in [0.5, 0.6) is 5.75 Å². The molecule has 5 nitrogen and oxygen atoms in total. The summed E-state index contributed by atoms with van der Waals surface area (Å²) >= 11 is 0. The van der Waals surface area contributed by atoms with Crippen LogP contribution in [0.4, 0.5) is 0 Å². The van der Waals surface area contributed by atoms with E-state index < -0.39 is 0 Å². The number of benzene rings is 1. The molecule has 0 aliphatic rings. The molecule has 1 heterocycles. The zero-order valence-electron chi connectivity index (χ0n) is 13.1. The summed E-state index contributed by atoms with van der Waals surface area (Å²) in [5, 5.41) is 7.09. The lowest BCUT2D eigenvalue weighted by Gasteiger charge is -2.07. The van der Waals surface area contributed by atoms with Gasteiger partial charge in [-0.2, -0.15) is 4.98 Å². The zero-order valence-corrected chi connectivity index (χ0v) is 13.1. The third-order valence-electron chi connectivity index (χ3n) is 3.40. The molecule has 0 spiro atoms. The maximum atomic E-state index is 5.66. The summed E-state index contributed by atoms with van der Waals surface area (Å²) in [7, 11) is 1.91. The third-order valence-corrected chi connectivity index (χ3v) is 3.40. The lowest BCUT2D eigenvalue weighted by molar-refractivity contribution is 0.242. The van der Waals surface area contributed by atoms with Crippen molar-refractivity contribution in [3.05, 3.63) is 41.5 Å². The smallest absolute Gasteiger partial charge is 0.264 e. The molecule has 1 aromatic heterocycles. The molecule has 1 atom stereocenters. The summed E-state index contributed by atoms with van der Waals surface area (Å²) in [5.74, 6) is 2.53. The van der Waals surface area contributed by atoms with Gasteiger partial charge in [0.05, 0.1) is 0 Å². The Morgan fingerprint density at radius 3 is 2.52 bits per heavy atom. The van der Waals surface area contributed by atoms with E-state index in [0.717, 1.165) is 12.2 Å². The molecule has 1 aromatic carbocycles. The lowest BCUT2D eigenvalue weighted by Crippen LogP contribution is -2.24. The van der Waals surface area contributed by atoms with Gasteiger partial charge in [-0.1, -0.05) is 31.1 Å². The topological polar surface area (TPSA) is 60.2 Å². The van der Waals surface area contributed by atoms with E-state index in [4.69, 9.17) is 9.26 Å². The molecule has 0 radical (unpaired) electrons. The number of likely N-dealkylation sites (N-methyl/N-ethyl adjacent to an activating group) is 1. The first kappa shape index (κ1) is 15.5. The summed E-state index contributed by atoms with van der Waals surface area (Å²) in [6.07, 6.45) is 0.739. The van der Waals surface area contributed by atoms with E-state index in [2.05, 4.69) is 48.4 Å². The van der Waals surface area contributed by atoms with Crippen LogP contribution in [0.3, 0.4) is 0 Å². The number of nitrogens with one attached hydrogen (secondary N) is 1. The van der Waals surface area contributed by atoms with Crippen LogP contribution in [-0.4, -0.2) is 23.2 Å². The van der Waals surface area contributed by atoms with Gasteiger partial charge in [0.2, 0.25) is 0 Å². The predicted molar refractivity (Wildman–Crippen MR) is 81.4 cm³/mol. The molecule has 0 aliphatic carbocycles. The number of nitrogens with zero attached hydrogens (tertiary/aromatic N) is 2. The second-order valence-corrected chi connectivity index (χ2v) is 5.51. The fraction of sp³-hybridized carbons (Fsp3) is 0.500. The van der Waals surface area contributed by atoms with Crippen molar-refractivity contribution >= 4 is 0 Å². The van der Waals surface area contributed by atoms with E-state index in [0.29, 0.717) is 30.3 Å². The Morgan fingerprint density at radius 2 is 1.90 bits per heavy atom. The zero-order chi connectivity index (χ0) is 15.2. The van der Waals surface area contributed by atoms with Gasteiger partial charge in [-0.3, -0.25) is 0 Å². The van der Waals surface area contributed by atoms with Gasteiger partial charge in [-0.15, -0.1) is 0 Å². The van der Waals surface area contributed by atoms with Crippen LogP contribution in [0.15, 0.2) is 28.8 Å². The Morgan fingerprint density at radius 1 is 1.19 bits per heavy atom. The van der Waals surface area contributed by atoms with Gasteiger partial charge in [0.25, 0.3) is 5.89 Å². The second kappa shape index (κ2) is 7.22. The molecule has 0 fully saturated rings. The van der Waals surface area contributed by atoms with Crippen molar-refractivity contribution in [2.75, 3.05) is 7.05 Å². The van der Waals surface area contributed by atoms with Crippen LogP contribution in [0.25, 0.3) is 0 Å². The Balaban J connectivity index is 1.88. The third kappa shape index (κ3) is 4.56. The van der Waals surface area contributed by atoms with Gasteiger partial charge >= 0.3 is 0 Å². The van der Waals surface area contributed by atoms with Crippen LogP contribution < -0.4 is 10.1 Å². The first-order valence-electron chi connectivity index (χ1n) is 7.30. The van der Waals surface area contributed by atoms with Crippen molar-refractivity contribution in [1.29, 1.82) is 0 Å². The second-order valence-electron chi connectivity index (χ2n) is 5.51. The van der Waals surface area contributed by atoms with Crippen LogP contribution in [0, 0.1) is 0 Å². The van der Waals surface area contributed by atoms with Gasteiger partial charge in [0, 0.05) is 12.5 Å². The van der Waals surface area contributed by atoms with Gasteiger partial charge in [0.15, 0.2) is 12.4 Å². The maximum Gasteiger partial charge on any atom is 0.264 e. The first-order valence-corrected chi connectivity index (χ1v) is 7.30. The molecule has 1 unspecified atom stereocenters. The number of hydrogen-bond donors (Lipinski definition) is 1. The summed E-state index contributed by atoms with van der Waals surface area (Å²) in [6, 6.07) is 8.41. The minimum Gasteiger partial charge on any atom is -0.484 e. The molecule has 0 aliphatic heterocycles. The highest BCUT2D eigenvalue weighted by Gasteiger charge is 2.10. The molecule has 1 N–H and O–H groups in total. The van der Waals surface area contributed by atoms with Crippen molar-refractivity contribution in [2.24, 2.45) is 0 Å². The molecule has 5 heteroatoms. The van der Waals surface area contributed by atoms with Crippen LogP contribution in [-0.2, 0) is 13.0 Å². The number of aromatic nitrogens is 2. The summed E-state index contributed by atoms with van der Waals surface area (Å²) in [6.45, 7) is 6.70. The van der Waals surface area contributed by atoms with Crippen molar-refractivity contribution in [3.8, 4) is 5.75 Å². The largest absolute Gasteiger partial charge is 0.484 e. The van der Waals surface area contributed by atoms with E-state index in [1.54, 1.807) is 0 Å². The molecule has 114 valence electrons.